The summed E-state index contributed by atoms with van der Waals surface area (Å²) in [7, 11) is 0. The molecule has 122 valence electrons. The molecule has 6 heteroatoms. The number of hydrogen-bond acceptors (Lipinski definition) is 4. The molecular formula is C16H23ClN2O3. The summed E-state index contributed by atoms with van der Waals surface area (Å²) >= 11 is 6.02. The predicted molar refractivity (Wildman–Crippen MR) is 87.7 cm³/mol. The quantitative estimate of drug-likeness (QED) is 0.771. The molecule has 1 saturated heterocycles. The van der Waals surface area contributed by atoms with Crippen LogP contribution in [0.15, 0.2) is 18.2 Å². The van der Waals surface area contributed by atoms with Crippen molar-refractivity contribution >= 4 is 23.2 Å². The van der Waals surface area contributed by atoms with E-state index < -0.39 is 0 Å². The van der Waals surface area contributed by atoms with E-state index in [2.05, 4.69) is 10.6 Å². The van der Waals surface area contributed by atoms with Crippen LogP contribution in [0.25, 0.3) is 0 Å². The lowest BCUT2D eigenvalue weighted by molar-refractivity contribution is -0.119. The van der Waals surface area contributed by atoms with Crippen LogP contribution in [0, 0.1) is 0 Å². The second-order valence-corrected chi connectivity index (χ2v) is 5.73. The van der Waals surface area contributed by atoms with Gasteiger partial charge in [-0.3, -0.25) is 4.79 Å². The summed E-state index contributed by atoms with van der Waals surface area (Å²) in [6.07, 6.45) is 3.17. The lowest BCUT2D eigenvalue weighted by Gasteiger charge is -2.16. The van der Waals surface area contributed by atoms with E-state index in [4.69, 9.17) is 21.1 Å². The van der Waals surface area contributed by atoms with Crippen molar-refractivity contribution in [1.82, 2.24) is 5.32 Å². The first-order valence-electron chi connectivity index (χ1n) is 7.73. The number of benzene rings is 1. The largest absolute Gasteiger partial charge is 0.489 e. The summed E-state index contributed by atoms with van der Waals surface area (Å²) in [6, 6.07) is 5.35. The summed E-state index contributed by atoms with van der Waals surface area (Å²) in [4.78, 5) is 11.7. The van der Waals surface area contributed by atoms with Crippen molar-refractivity contribution in [1.29, 1.82) is 0 Å². The van der Waals surface area contributed by atoms with E-state index in [-0.39, 0.29) is 18.6 Å². The molecule has 1 aromatic rings. The zero-order valence-electron chi connectivity index (χ0n) is 12.9. The first-order chi connectivity index (χ1) is 10.7. The average molecular weight is 327 g/mol. The van der Waals surface area contributed by atoms with Gasteiger partial charge in [-0.05, 0) is 37.5 Å². The van der Waals surface area contributed by atoms with Crippen molar-refractivity contribution in [3.63, 3.8) is 0 Å². The molecular weight excluding hydrogens is 304 g/mol. The number of ether oxygens (including phenoxy) is 2. The van der Waals surface area contributed by atoms with Crippen molar-refractivity contribution in [2.45, 2.75) is 32.3 Å². The molecule has 0 spiro atoms. The van der Waals surface area contributed by atoms with Gasteiger partial charge in [0.1, 0.15) is 12.4 Å². The van der Waals surface area contributed by atoms with Crippen molar-refractivity contribution in [2.75, 3.05) is 31.6 Å². The minimum absolute atomic E-state index is 0.0492. The molecule has 1 aromatic carbocycles. The Balaban J connectivity index is 1.90. The molecule has 5 nitrogen and oxygen atoms in total. The number of carbonyl (C=O) groups excluding carboxylic acids is 1. The Morgan fingerprint density at radius 3 is 3.09 bits per heavy atom. The van der Waals surface area contributed by atoms with E-state index in [0.717, 1.165) is 31.6 Å². The van der Waals surface area contributed by atoms with E-state index in [9.17, 15) is 4.79 Å². The van der Waals surface area contributed by atoms with Gasteiger partial charge >= 0.3 is 0 Å². The topological polar surface area (TPSA) is 59.6 Å². The highest BCUT2D eigenvalue weighted by Crippen LogP contribution is 2.28. The van der Waals surface area contributed by atoms with Gasteiger partial charge in [0.25, 0.3) is 0 Å². The number of halogens is 1. The SMILES string of the molecule is CCCNC(=O)CNc1cc(Cl)ccc1OCC1CCCO1. The van der Waals surface area contributed by atoms with Gasteiger partial charge < -0.3 is 20.1 Å². The van der Waals surface area contributed by atoms with Gasteiger partial charge in [-0.2, -0.15) is 0 Å². The van der Waals surface area contributed by atoms with E-state index >= 15 is 0 Å². The third kappa shape index (κ3) is 5.39. The second-order valence-electron chi connectivity index (χ2n) is 5.29. The van der Waals surface area contributed by atoms with Gasteiger partial charge in [0.15, 0.2) is 0 Å². The molecule has 1 atom stereocenters. The molecule has 1 unspecified atom stereocenters. The van der Waals surface area contributed by atoms with Crippen molar-refractivity contribution in [2.24, 2.45) is 0 Å². The monoisotopic (exact) mass is 326 g/mol. The summed E-state index contributed by atoms with van der Waals surface area (Å²) in [5, 5.41) is 6.49. The van der Waals surface area contributed by atoms with Crippen molar-refractivity contribution in [3.8, 4) is 5.75 Å². The summed E-state index contributed by atoms with van der Waals surface area (Å²) in [5.41, 5.74) is 0.720. The Kier molecular flexibility index (Phi) is 6.80. The highest BCUT2D eigenvalue weighted by Gasteiger charge is 2.17. The van der Waals surface area contributed by atoms with E-state index in [1.807, 2.05) is 13.0 Å². The van der Waals surface area contributed by atoms with Crippen LogP contribution >= 0.6 is 11.6 Å². The zero-order valence-corrected chi connectivity index (χ0v) is 13.6. The molecule has 1 fully saturated rings. The lowest BCUT2D eigenvalue weighted by Crippen LogP contribution is -2.30. The van der Waals surface area contributed by atoms with Crippen LogP contribution in [0.1, 0.15) is 26.2 Å². The normalized spacial score (nSPS) is 17.3. The fraction of sp³-hybridized carbons (Fsp3) is 0.562. The third-order valence-corrected chi connectivity index (χ3v) is 3.64. The van der Waals surface area contributed by atoms with E-state index in [1.165, 1.54) is 0 Å². The third-order valence-electron chi connectivity index (χ3n) is 3.40. The molecule has 1 aliphatic rings. The first-order valence-corrected chi connectivity index (χ1v) is 8.11. The number of nitrogens with one attached hydrogen (secondary N) is 2. The predicted octanol–water partition coefficient (Wildman–Crippen LogP) is 2.84. The van der Waals surface area contributed by atoms with Gasteiger partial charge in [0.2, 0.25) is 5.91 Å². The van der Waals surface area contributed by atoms with Crippen LogP contribution in [0.4, 0.5) is 5.69 Å². The zero-order chi connectivity index (χ0) is 15.8. The molecule has 0 saturated carbocycles. The fourth-order valence-corrected chi connectivity index (χ4v) is 2.40. The molecule has 0 aromatic heterocycles. The van der Waals surface area contributed by atoms with Crippen LogP contribution in [0.2, 0.25) is 5.02 Å². The molecule has 2 rings (SSSR count). The highest BCUT2D eigenvalue weighted by atomic mass is 35.5. The average Bonchev–Trinajstić information content (AvgIpc) is 3.03. The minimum atomic E-state index is -0.0492. The Hall–Kier alpha value is -1.46. The molecule has 1 heterocycles. The van der Waals surface area contributed by atoms with Crippen LogP contribution in [0.3, 0.4) is 0 Å². The molecule has 22 heavy (non-hydrogen) atoms. The maximum Gasteiger partial charge on any atom is 0.239 e. The Morgan fingerprint density at radius 1 is 1.50 bits per heavy atom. The fourth-order valence-electron chi connectivity index (χ4n) is 2.23. The lowest BCUT2D eigenvalue weighted by atomic mass is 10.2. The first kappa shape index (κ1) is 16.9. The Morgan fingerprint density at radius 2 is 2.36 bits per heavy atom. The molecule has 1 amide bonds. The molecule has 2 N–H and O–H groups in total. The summed E-state index contributed by atoms with van der Waals surface area (Å²) in [6.45, 7) is 4.20. The molecule has 0 bridgehead atoms. The highest BCUT2D eigenvalue weighted by molar-refractivity contribution is 6.30. The smallest absolute Gasteiger partial charge is 0.239 e. The van der Waals surface area contributed by atoms with Crippen LogP contribution < -0.4 is 15.4 Å². The van der Waals surface area contributed by atoms with Crippen LogP contribution in [-0.4, -0.2) is 38.3 Å². The Labute approximate surface area is 136 Å². The molecule has 0 aliphatic carbocycles. The van der Waals surface area contributed by atoms with Crippen molar-refractivity contribution in [3.05, 3.63) is 23.2 Å². The van der Waals surface area contributed by atoms with Gasteiger partial charge in [-0.25, -0.2) is 0 Å². The maximum atomic E-state index is 11.7. The van der Waals surface area contributed by atoms with Gasteiger partial charge in [0.05, 0.1) is 18.3 Å². The maximum absolute atomic E-state index is 11.7. The second kappa shape index (κ2) is 8.86. The van der Waals surface area contributed by atoms with Crippen molar-refractivity contribution < 1.29 is 14.3 Å². The van der Waals surface area contributed by atoms with Crippen LogP contribution in [0.5, 0.6) is 5.75 Å². The van der Waals surface area contributed by atoms with Gasteiger partial charge in [0, 0.05) is 18.2 Å². The standard InChI is InChI=1S/C16H23ClN2O3/c1-2-7-18-16(20)10-19-14-9-12(17)5-6-15(14)22-11-13-4-3-8-21-13/h5-6,9,13,19H,2-4,7-8,10-11H2,1H3,(H,18,20). The minimum Gasteiger partial charge on any atom is -0.489 e. The van der Waals surface area contributed by atoms with E-state index in [0.29, 0.717) is 23.9 Å². The Bertz CT molecular complexity index is 490. The molecule has 0 radical (unpaired) electrons. The number of carbonyl (C=O) groups is 1. The van der Waals surface area contributed by atoms with Gasteiger partial charge in [-0.1, -0.05) is 18.5 Å². The van der Waals surface area contributed by atoms with E-state index in [1.54, 1.807) is 12.1 Å². The number of anilines is 1. The van der Waals surface area contributed by atoms with Gasteiger partial charge in [-0.15, -0.1) is 0 Å². The van der Waals surface area contributed by atoms with Crippen LogP contribution in [-0.2, 0) is 9.53 Å². The summed E-state index contributed by atoms with van der Waals surface area (Å²) in [5.74, 6) is 0.634. The number of hydrogen-bond donors (Lipinski definition) is 2. The summed E-state index contributed by atoms with van der Waals surface area (Å²) < 4.78 is 11.4. The number of rotatable bonds is 8. The number of amides is 1. The molecule has 1 aliphatic heterocycles.